The van der Waals surface area contributed by atoms with Gasteiger partial charge in [-0.25, -0.2) is 9.98 Å². The molecule has 0 unspecified atom stereocenters. The fraction of sp³-hybridized carbons (Fsp3) is 0.0417. The number of nitrogens with zero attached hydrogens (tertiary/aromatic N) is 3. The normalized spacial score (nSPS) is 12.5. The first-order chi connectivity index (χ1) is 13.3. The summed E-state index contributed by atoms with van der Waals surface area (Å²) in [6, 6.07) is 28.9. The molecule has 4 rings (SSSR count). The largest absolute Gasteiger partial charge is 0.270 e. The Kier molecular flexibility index (Phi) is 4.58. The van der Waals surface area contributed by atoms with Gasteiger partial charge in [-0.15, -0.1) is 0 Å². The smallest absolute Gasteiger partial charge is 0.161 e. The molecule has 0 fully saturated rings. The summed E-state index contributed by atoms with van der Waals surface area (Å²) in [6.07, 6.45) is 0. The van der Waals surface area contributed by atoms with Gasteiger partial charge in [0.05, 0.1) is 0 Å². The van der Waals surface area contributed by atoms with Crippen molar-refractivity contribution in [3.63, 3.8) is 0 Å². The molecule has 0 aliphatic heterocycles. The van der Waals surface area contributed by atoms with Gasteiger partial charge in [0.25, 0.3) is 0 Å². The van der Waals surface area contributed by atoms with Crippen LogP contribution < -0.4 is 0 Å². The van der Waals surface area contributed by atoms with Gasteiger partial charge in [0.15, 0.2) is 11.7 Å². The van der Waals surface area contributed by atoms with E-state index in [9.17, 15) is 0 Å². The lowest BCUT2D eigenvalue weighted by molar-refractivity contribution is 1.38. The van der Waals surface area contributed by atoms with E-state index in [4.69, 9.17) is 4.99 Å². The van der Waals surface area contributed by atoms with Crippen molar-refractivity contribution in [2.24, 2.45) is 15.0 Å². The summed E-state index contributed by atoms with van der Waals surface area (Å²) >= 11 is 0. The minimum absolute atomic E-state index is 0.564. The van der Waals surface area contributed by atoms with Crippen LogP contribution in [0.2, 0.25) is 0 Å². The summed E-state index contributed by atoms with van der Waals surface area (Å²) in [4.78, 5) is 13.2. The van der Waals surface area contributed by atoms with Gasteiger partial charge in [0, 0.05) is 18.2 Å². The summed E-state index contributed by atoms with van der Waals surface area (Å²) in [5.41, 5.74) is 1.88. The zero-order valence-corrected chi connectivity index (χ0v) is 15.1. The molecule has 4 aromatic carbocycles. The number of hydrogen-bond donors (Lipinski definition) is 0. The van der Waals surface area contributed by atoms with Crippen molar-refractivity contribution in [1.29, 1.82) is 0 Å². The maximum Gasteiger partial charge on any atom is 0.161 e. The molecule has 130 valence electrons. The minimum Gasteiger partial charge on any atom is -0.270 e. The van der Waals surface area contributed by atoms with E-state index < -0.39 is 0 Å². The molecule has 0 radical (unpaired) electrons. The number of rotatable bonds is 2. The Bertz CT molecular complexity index is 1200. The average molecular weight is 349 g/mol. The number of benzene rings is 4. The van der Waals surface area contributed by atoms with Crippen LogP contribution in [0.1, 0.15) is 11.1 Å². The molecule has 0 aliphatic carbocycles. The van der Waals surface area contributed by atoms with Crippen molar-refractivity contribution in [2.45, 2.75) is 0 Å². The Morgan fingerprint density at radius 3 is 1.59 bits per heavy atom. The average Bonchev–Trinajstić information content (AvgIpc) is 2.74. The molecule has 0 bridgehead atoms. The van der Waals surface area contributed by atoms with E-state index in [0.717, 1.165) is 21.9 Å². The monoisotopic (exact) mass is 349 g/mol. The van der Waals surface area contributed by atoms with Crippen molar-refractivity contribution in [1.82, 2.24) is 0 Å². The quantitative estimate of drug-likeness (QED) is 0.338. The van der Waals surface area contributed by atoms with Crippen molar-refractivity contribution < 1.29 is 0 Å². The molecule has 0 N–H and O–H groups in total. The van der Waals surface area contributed by atoms with E-state index >= 15 is 0 Å². The van der Waals surface area contributed by atoms with Gasteiger partial charge in [-0.05, 0) is 40.4 Å². The lowest BCUT2D eigenvalue weighted by Crippen LogP contribution is -2.05. The highest BCUT2D eigenvalue weighted by Crippen LogP contribution is 2.19. The second kappa shape index (κ2) is 7.34. The van der Waals surface area contributed by atoms with Crippen LogP contribution in [0.15, 0.2) is 99.9 Å². The summed E-state index contributed by atoms with van der Waals surface area (Å²) in [7, 11) is 1.75. The highest BCUT2D eigenvalue weighted by atomic mass is 15.0. The molecular weight excluding hydrogens is 330 g/mol. The van der Waals surface area contributed by atoms with Crippen LogP contribution in [0.4, 0.5) is 0 Å². The summed E-state index contributed by atoms with van der Waals surface area (Å²) < 4.78 is 0. The van der Waals surface area contributed by atoms with Crippen LogP contribution in [0.25, 0.3) is 21.5 Å². The Morgan fingerprint density at radius 2 is 1.11 bits per heavy atom. The third-order valence-corrected chi connectivity index (χ3v) is 4.59. The van der Waals surface area contributed by atoms with Crippen LogP contribution in [-0.2, 0) is 0 Å². The van der Waals surface area contributed by atoms with E-state index in [-0.39, 0.29) is 0 Å². The third kappa shape index (κ3) is 3.40. The van der Waals surface area contributed by atoms with Gasteiger partial charge in [0.1, 0.15) is 0 Å². The van der Waals surface area contributed by atoms with Crippen LogP contribution in [0.5, 0.6) is 0 Å². The first-order valence-electron chi connectivity index (χ1n) is 8.79. The SMILES string of the molecule is C=NC(=NC(=NC)c1ccc2ccccc2c1)c1ccc2ccccc2c1. The summed E-state index contributed by atoms with van der Waals surface area (Å²) in [5.74, 6) is 1.20. The van der Waals surface area contributed by atoms with Crippen molar-refractivity contribution in [2.75, 3.05) is 7.05 Å². The van der Waals surface area contributed by atoms with Gasteiger partial charge in [-0.2, -0.15) is 0 Å². The highest BCUT2D eigenvalue weighted by Gasteiger charge is 2.08. The third-order valence-electron chi connectivity index (χ3n) is 4.59. The molecule has 0 aliphatic rings. The first kappa shape index (κ1) is 16.9. The summed E-state index contributed by atoms with van der Waals surface area (Å²) in [5, 5.41) is 4.68. The molecule has 0 atom stereocenters. The standard InChI is InChI=1S/C24H19N3/c1-25-23(21-13-11-17-7-3-5-9-19(17)15-21)27-24(26-2)22-14-12-18-8-4-6-10-20(18)16-22/h3-16H,1H2,2H3. The number of amidine groups is 2. The van der Waals surface area contributed by atoms with Crippen molar-refractivity contribution in [3.8, 4) is 0 Å². The fourth-order valence-electron chi connectivity index (χ4n) is 3.19. The molecule has 0 aromatic heterocycles. The predicted molar refractivity (Wildman–Crippen MR) is 116 cm³/mol. The lowest BCUT2D eigenvalue weighted by atomic mass is 10.1. The fourth-order valence-corrected chi connectivity index (χ4v) is 3.19. The van der Waals surface area contributed by atoms with Crippen LogP contribution in [0, 0.1) is 0 Å². The number of hydrogen-bond acceptors (Lipinski definition) is 1. The van der Waals surface area contributed by atoms with Gasteiger partial charge in [-0.1, -0.05) is 72.8 Å². The van der Waals surface area contributed by atoms with Crippen LogP contribution in [-0.4, -0.2) is 25.4 Å². The number of aliphatic imine (C=N–C) groups is 3. The van der Waals surface area contributed by atoms with E-state index in [1.54, 1.807) is 7.05 Å². The van der Waals surface area contributed by atoms with Crippen molar-refractivity contribution >= 4 is 39.9 Å². The Balaban J connectivity index is 1.77. The maximum atomic E-state index is 4.70. The second-order valence-electron chi connectivity index (χ2n) is 6.26. The van der Waals surface area contributed by atoms with E-state index in [1.165, 1.54) is 10.8 Å². The molecule has 27 heavy (non-hydrogen) atoms. The van der Waals surface area contributed by atoms with E-state index in [1.807, 2.05) is 36.4 Å². The van der Waals surface area contributed by atoms with Gasteiger partial charge in [-0.3, -0.25) is 4.99 Å². The first-order valence-corrected chi connectivity index (χ1v) is 8.79. The predicted octanol–water partition coefficient (Wildman–Crippen LogP) is 5.52. The van der Waals surface area contributed by atoms with Crippen LogP contribution >= 0.6 is 0 Å². The van der Waals surface area contributed by atoms with Gasteiger partial charge < -0.3 is 0 Å². The second-order valence-corrected chi connectivity index (χ2v) is 6.26. The zero-order chi connectivity index (χ0) is 18.6. The number of fused-ring (bicyclic) bond motifs is 2. The molecule has 4 aromatic rings. The Hall–Kier alpha value is -3.59. The summed E-state index contributed by atoms with van der Waals surface area (Å²) in [6.45, 7) is 3.71. The molecule has 0 amide bonds. The van der Waals surface area contributed by atoms with Gasteiger partial charge >= 0.3 is 0 Å². The molecule has 0 saturated heterocycles. The molecule has 0 saturated carbocycles. The van der Waals surface area contributed by atoms with Crippen LogP contribution in [0.3, 0.4) is 0 Å². The van der Waals surface area contributed by atoms with Gasteiger partial charge in [0.2, 0.25) is 0 Å². The molecule has 3 heteroatoms. The molecular formula is C24H19N3. The Labute approximate surface area is 158 Å². The zero-order valence-electron chi connectivity index (χ0n) is 15.1. The minimum atomic E-state index is 0.564. The molecule has 3 nitrogen and oxygen atoms in total. The highest BCUT2D eigenvalue weighted by molar-refractivity contribution is 6.14. The van der Waals surface area contributed by atoms with Crippen molar-refractivity contribution in [3.05, 3.63) is 96.1 Å². The topological polar surface area (TPSA) is 37.1 Å². The van der Waals surface area contributed by atoms with E-state index in [0.29, 0.717) is 11.7 Å². The lowest BCUT2D eigenvalue weighted by Gasteiger charge is -2.07. The van der Waals surface area contributed by atoms with E-state index in [2.05, 4.69) is 65.2 Å². The molecule has 0 heterocycles. The maximum absolute atomic E-state index is 4.70. The molecule has 0 spiro atoms. The Morgan fingerprint density at radius 1 is 0.630 bits per heavy atom.